The predicted octanol–water partition coefficient (Wildman–Crippen LogP) is 3.60. The molecule has 2 N–H and O–H groups in total. The summed E-state index contributed by atoms with van der Waals surface area (Å²) in [7, 11) is 0. The van der Waals surface area contributed by atoms with E-state index >= 15 is 0 Å². The Labute approximate surface area is 112 Å². The molecule has 0 aliphatic rings. The fourth-order valence-corrected chi connectivity index (χ4v) is 2.40. The summed E-state index contributed by atoms with van der Waals surface area (Å²) >= 11 is 0. The summed E-state index contributed by atoms with van der Waals surface area (Å²) in [4.78, 5) is 4.51. The summed E-state index contributed by atoms with van der Waals surface area (Å²) in [5, 5.41) is 2.26. The van der Waals surface area contributed by atoms with Gasteiger partial charge in [-0.25, -0.2) is 0 Å². The van der Waals surface area contributed by atoms with Crippen LogP contribution in [0.4, 0.5) is 5.69 Å². The number of nitrogen functional groups attached to an aromatic ring is 1. The summed E-state index contributed by atoms with van der Waals surface area (Å²) in [5.74, 6) is 0. The van der Waals surface area contributed by atoms with Gasteiger partial charge in [-0.2, -0.15) is 0 Å². The Bertz CT molecular complexity index is 690. The molecule has 0 radical (unpaired) electrons. The fraction of sp³-hybridized carbons (Fsp3) is 0.118. The highest BCUT2D eigenvalue weighted by Crippen LogP contribution is 2.23. The Hall–Kier alpha value is -2.35. The maximum absolute atomic E-state index is 6.00. The van der Waals surface area contributed by atoms with Crippen molar-refractivity contribution in [2.24, 2.45) is 0 Å². The smallest absolute Gasteiger partial charge is 0.0485 e. The molecule has 1 heterocycles. The maximum atomic E-state index is 6.00. The van der Waals surface area contributed by atoms with Gasteiger partial charge in [-0.3, -0.25) is 4.98 Å². The number of nitrogens with two attached hydrogens (primary N) is 1. The number of hydrogen-bond donors (Lipinski definition) is 1. The molecule has 0 atom stereocenters. The van der Waals surface area contributed by atoms with Crippen LogP contribution >= 0.6 is 0 Å². The molecule has 3 aromatic rings. The lowest BCUT2D eigenvalue weighted by atomic mass is 10.0. The zero-order chi connectivity index (χ0) is 13.1. The monoisotopic (exact) mass is 248 g/mol. The number of fused-ring (bicyclic) bond motifs is 1. The number of rotatable bonds is 3. The lowest BCUT2D eigenvalue weighted by molar-refractivity contribution is 0.926. The zero-order valence-electron chi connectivity index (χ0n) is 10.7. The first-order valence-electron chi connectivity index (χ1n) is 6.50. The van der Waals surface area contributed by atoms with E-state index in [0.717, 1.165) is 29.6 Å². The summed E-state index contributed by atoms with van der Waals surface area (Å²) in [6, 6.07) is 18.5. The lowest BCUT2D eigenvalue weighted by Gasteiger charge is -2.07. The number of pyridine rings is 1. The average Bonchev–Trinajstić information content (AvgIpc) is 2.47. The molecule has 0 saturated carbocycles. The van der Waals surface area contributed by atoms with Gasteiger partial charge in [-0.05, 0) is 30.5 Å². The number of hydrogen-bond acceptors (Lipinski definition) is 2. The molecule has 94 valence electrons. The van der Waals surface area contributed by atoms with Crippen molar-refractivity contribution in [1.82, 2.24) is 4.98 Å². The van der Waals surface area contributed by atoms with Crippen LogP contribution in [0, 0.1) is 0 Å². The molecule has 0 aliphatic carbocycles. The van der Waals surface area contributed by atoms with E-state index in [1.54, 1.807) is 0 Å². The molecule has 2 aromatic carbocycles. The second-order valence-electron chi connectivity index (χ2n) is 4.69. The normalized spacial score (nSPS) is 10.7. The molecule has 1 aromatic heterocycles. The molecule has 19 heavy (non-hydrogen) atoms. The summed E-state index contributed by atoms with van der Waals surface area (Å²) in [6.07, 6.45) is 3.78. The fourth-order valence-electron chi connectivity index (χ4n) is 2.40. The van der Waals surface area contributed by atoms with Gasteiger partial charge in [0.25, 0.3) is 0 Å². The van der Waals surface area contributed by atoms with Crippen LogP contribution in [0.1, 0.15) is 11.3 Å². The van der Waals surface area contributed by atoms with Gasteiger partial charge in [-0.1, -0.05) is 42.5 Å². The topological polar surface area (TPSA) is 38.9 Å². The van der Waals surface area contributed by atoms with E-state index in [2.05, 4.69) is 35.3 Å². The molecule has 0 amide bonds. The summed E-state index contributed by atoms with van der Waals surface area (Å²) < 4.78 is 0. The summed E-state index contributed by atoms with van der Waals surface area (Å²) in [5.41, 5.74) is 9.28. The van der Waals surface area contributed by atoms with Gasteiger partial charge in [0.15, 0.2) is 0 Å². The SMILES string of the molecule is Nc1cccc2c(CCc3ccccc3)nccc12. The molecular formula is C17H16N2. The van der Waals surface area contributed by atoms with Gasteiger partial charge in [0.1, 0.15) is 0 Å². The van der Waals surface area contributed by atoms with Crippen LogP contribution in [-0.4, -0.2) is 4.98 Å². The van der Waals surface area contributed by atoms with Crippen LogP contribution in [0.2, 0.25) is 0 Å². The van der Waals surface area contributed by atoms with E-state index in [4.69, 9.17) is 5.73 Å². The average molecular weight is 248 g/mol. The number of aromatic nitrogens is 1. The van der Waals surface area contributed by atoms with Crippen molar-refractivity contribution in [2.75, 3.05) is 5.73 Å². The first-order chi connectivity index (χ1) is 9.34. The minimum absolute atomic E-state index is 0.820. The highest BCUT2D eigenvalue weighted by molar-refractivity contribution is 5.94. The summed E-state index contributed by atoms with van der Waals surface area (Å²) in [6.45, 7) is 0. The third-order valence-electron chi connectivity index (χ3n) is 3.42. The van der Waals surface area contributed by atoms with Crippen molar-refractivity contribution < 1.29 is 0 Å². The largest absolute Gasteiger partial charge is 0.398 e. The number of nitrogens with zero attached hydrogens (tertiary/aromatic N) is 1. The number of aryl methyl sites for hydroxylation is 2. The van der Waals surface area contributed by atoms with Crippen LogP contribution in [0.15, 0.2) is 60.8 Å². The van der Waals surface area contributed by atoms with E-state index in [9.17, 15) is 0 Å². The van der Waals surface area contributed by atoms with E-state index in [0.29, 0.717) is 0 Å². The number of benzene rings is 2. The molecule has 0 spiro atoms. The van der Waals surface area contributed by atoms with Crippen LogP contribution in [0.3, 0.4) is 0 Å². The molecule has 2 heteroatoms. The Kier molecular flexibility index (Phi) is 3.15. The van der Waals surface area contributed by atoms with E-state index < -0.39 is 0 Å². The van der Waals surface area contributed by atoms with Gasteiger partial charge >= 0.3 is 0 Å². The standard InChI is InChI=1S/C17H16N2/c18-16-8-4-7-15-14(16)11-12-19-17(15)10-9-13-5-2-1-3-6-13/h1-8,11-12H,9-10,18H2. The highest BCUT2D eigenvalue weighted by Gasteiger charge is 2.04. The Morgan fingerprint density at radius 1 is 0.789 bits per heavy atom. The third kappa shape index (κ3) is 2.43. The molecule has 0 bridgehead atoms. The molecule has 3 rings (SSSR count). The van der Waals surface area contributed by atoms with Crippen LogP contribution in [0.25, 0.3) is 10.8 Å². The first-order valence-corrected chi connectivity index (χ1v) is 6.50. The van der Waals surface area contributed by atoms with Crippen molar-refractivity contribution in [3.05, 3.63) is 72.1 Å². The van der Waals surface area contributed by atoms with Crippen molar-refractivity contribution >= 4 is 16.5 Å². The van der Waals surface area contributed by atoms with Gasteiger partial charge in [0, 0.05) is 28.4 Å². The van der Waals surface area contributed by atoms with Crippen molar-refractivity contribution in [3.8, 4) is 0 Å². The Morgan fingerprint density at radius 3 is 2.47 bits per heavy atom. The quantitative estimate of drug-likeness (QED) is 0.719. The maximum Gasteiger partial charge on any atom is 0.0485 e. The van der Waals surface area contributed by atoms with E-state index in [1.165, 1.54) is 10.9 Å². The minimum Gasteiger partial charge on any atom is -0.398 e. The zero-order valence-corrected chi connectivity index (χ0v) is 10.7. The second-order valence-corrected chi connectivity index (χ2v) is 4.69. The minimum atomic E-state index is 0.820. The Morgan fingerprint density at radius 2 is 1.63 bits per heavy atom. The van der Waals surface area contributed by atoms with E-state index in [1.807, 2.05) is 30.5 Å². The van der Waals surface area contributed by atoms with Crippen molar-refractivity contribution in [1.29, 1.82) is 0 Å². The molecule has 0 unspecified atom stereocenters. The van der Waals surface area contributed by atoms with Gasteiger partial charge in [0.2, 0.25) is 0 Å². The first kappa shape index (κ1) is 11.7. The van der Waals surface area contributed by atoms with Crippen LogP contribution in [-0.2, 0) is 12.8 Å². The second kappa shape index (κ2) is 5.11. The molecule has 0 fully saturated rings. The number of anilines is 1. The lowest BCUT2D eigenvalue weighted by Crippen LogP contribution is -1.97. The van der Waals surface area contributed by atoms with Crippen molar-refractivity contribution in [2.45, 2.75) is 12.8 Å². The molecule has 2 nitrogen and oxygen atoms in total. The van der Waals surface area contributed by atoms with Gasteiger partial charge in [0.05, 0.1) is 0 Å². The van der Waals surface area contributed by atoms with Crippen LogP contribution < -0.4 is 5.73 Å². The molecular weight excluding hydrogens is 232 g/mol. The molecule has 0 aliphatic heterocycles. The van der Waals surface area contributed by atoms with Crippen LogP contribution in [0.5, 0.6) is 0 Å². The Balaban J connectivity index is 1.91. The van der Waals surface area contributed by atoms with Crippen molar-refractivity contribution in [3.63, 3.8) is 0 Å². The van der Waals surface area contributed by atoms with E-state index in [-0.39, 0.29) is 0 Å². The highest BCUT2D eigenvalue weighted by atomic mass is 14.7. The molecule has 0 saturated heterocycles. The third-order valence-corrected chi connectivity index (χ3v) is 3.42. The van der Waals surface area contributed by atoms with Gasteiger partial charge < -0.3 is 5.73 Å². The predicted molar refractivity (Wildman–Crippen MR) is 80.0 cm³/mol. The van der Waals surface area contributed by atoms with Gasteiger partial charge in [-0.15, -0.1) is 0 Å².